The molecule has 1 unspecified atom stereocenters. The van der Waals surface area contributed by atoms with Crippen molar-refractivity contribution in [1.82, 2.24) is 10.2 Å². The number of benzene rings is 1. The zero-order valence-corrected chi connectivity index (χ0v) is 15.4. The molecule has 5 nitrogen and oxygen atoms in total. The maximum absolute atomic E-state index is 12.4. The van der Waals surface area contributed by atoms with E-state index in [-0.39, 0.29) is 36.5 Å². The molecule has 0 spiro atoms. The molecule has 1 aliphatic heterocycles. The lowest BCUT2D eigenvalue weighted by Crippen LogP contribution is -2.48. The van der Waals surface area contributed by atoms with E-state index >= 15 is 0 Å². The Labute approximate surface area is 148 Å². The first kappa shape index (κ1) is 20.2. The summed E-state index contributed by atoms with van der Waals surface area (Å²) in [7, 11) is -3.02. The molecule has 1 fully saturated rings. The minimum Gasteiger partial charge on any atom is -0.333 e. The van der Waals surface area contributed by atoms with Gasteiger partial charge in [0.15, 0.2) is 0 Å². The van der Waals surface area contributed by atoms with Gasteiger partial charge in [-0.2, -0.15) is 0 Å². The number of hydrogen-bond donors (Lipinski definition) is 1. The first-order chi connectivity index (χ1) is 10.4. The number of hydrogen-bond acceptors (Lipinski definition) is 4. The Bertz CT molecular complexity index is 637. The summed E-state index contributed by atoms with van der Waals surface area (Å²) in [6.07, 6.45) is 1.81. The Hall–Kier alpha value is -0.820. The number of rotatable bonds is 5. The van der Waals surface area contributed by atoms with Crippen molar-refractivity contribution in [3.8, 4) is 0 Å². The molecule has 0 bridgehead atoms. The van der Waals surface area contributed by atoms with Crippen LogP contribution in [-0.2, 0) is 14.6 Å². The van der Waals surface area contributed by atoms with Crippen molar-refractivity contribution >= 4 is 39.8 Å². The van der Waals surface area contributed by atoms with Crippen LogP contribution >= 0.6 is 24.0 Å². The highest BCUT2D eigenvalue weighted by atomic mass is 35.5. The molecule has 0 radical (unpaired) electrons. The van der Waals surface area contributed by atoms with Crippen molar-refractivity contribution < 1.29 is 13.2 Å². The Morgan fingerprint density at radius 2 is 2.17 bits per heavy atom. The molecule has 1 heterocycles. The van der Waals surface area contributed by atoms with Gasteiger partial charge in [0.05, 0.1) is 11.8 Å². The Morgan fingerprint density at radius 1 is 1.43 bits per heavy atom. The number of sulfone groups is 1. The van der Waals surface area contributed by atoms with Gasteiger partial charge in [-0.25, -0.2) is 8.42 Å². The van der Waals surface area contributed by atoms with Gasteiger partial charge in [0, 0.05) is 37.3 Å². The second-order valence-corrected chi connectivity index (χ2v) is 8.29. The third kappa shape index (κ3) is 6.30. The first-order valence-electron chi connectivity index (χ1n) is 7.30. The lowest BCUT2D eigenvalue weighted by molar-refractivity contribution is -0.134. The van der Waals surface area contributed by atoms with Crippen LogP contribution in [0.5, 0.6) is 0 Å². The number of carbonyl (C=O) groups excluding carboxylic acids is 1. The lowest BCUT2D eigenvalue weighted by Gasteiger charge is -2.36. The normalized spacial score (nSPS) is 18.3. The van der Waals surface area contributed by atoms with Crippen LogP contribution in [0.2, 0.25) is 5.02 Å². The van der Waals surface area contributed by atoms with Crippen molar-refractivity contribution in [2.75, 3.05) is 31.6 Å². The molecule has 1 N–H and O–H groups in total. The van der Waals surface area contributed by atoms with Crippen LogP contribution in [0.1, 0.15) is 24.4 Å². The minimum absolute atomic E-state index is 0. The van der Waals surface area contributed by atoms with E-state index in [2.05, 4.69) is 5.32 Å². The molecule has 1 atom stereocenters. The molecule has 23 heavy (non-hydrogen) atoms. The third-order valence-corrected chi connectivity index (χ3v) is 4.97. The van der Waals surface area contributed by atoms with Gasteiger partial charge in [0.25, 0.3) is 0 Å². The highest BCUT2D eigenvalue weighted by molar-refractivity contribution is 7.90. The van der Waals surface area contributed by atoms with E-state index in [1.807, 2.05) is 23.1 Å². The minimum atomic E-state index is -3.02. The largest absolute Gasteiger partial charge is 0.333 e. The summed E-state index contributed by atoms with van der Waals surface area (Å²) in [5, 5.41) is 3.93. The summed E-state index contributed by atoms with van der Waals surface area (Å²) < 4.78 is 22.3. The van der Waals surface area contributed by atoms with E-state index in [1.54, 1.807) is 6.07 Å². The fourth-order valence-corrected chi connectivity index (χ4v) is 3.51. The van der Waals surface area contributed by atoms with Crippen LogP contribution in [0.25, 0.3) is 0 Å². The second kappa shape index (κ2) is 8.87. The first-order valence-corrected chi connectivity index (χ1v) is 9.74. The summed E-state index contributed by atoms with van der Waals surface area (Å²) in [5.41, 5.74) is 0.996. The van der Waals surface area contributed by atoms with Gasteiger partial charge in [0.1, 0.15) is 9.84 Å². The SMILES string of the molecule is CS(=O)(=O)CCCC(=O)N1CCNCC1c1cccc(Cl)c1.Cl. The average Bonchev–Trinajstić information content (AvgIpc) is 2.46. The predicted octanol–water partition coefficient (Wildman–Crippen LogP) is 2.06. The van der Waals surface area contributed by atoms with E-state index in [0.29, 0.717) is 24.5 Å². The van der Waals surface area contributed by atoms with Gasteiger partial charge in [-0.15, -0.1) is 12.4 Å². The maximum Gasteiger partial charge on any atom is 0.223 e. The number of amides is 1. The molecular weight excluding hydrogens is 359 g/mol. The average molecular weight is 381 g/mol. The standard InChI is InChI=1S/C15H21ClN2O3S.ClH/c1-22(20,21)9-3-6-15(19)18-8-7-17-11-14(18)12-4-2-5-13(16)10-12;/h2,4-5,10,14,17H,3,6-9,11H2,1H3;1H. The van der Waals surface area contributed by atoms with Gasteiger partial charge in [0.2, 0.25) is 5.91 Å². The summed E-state index contributed by atoms with van der Waals surface area (Å²) in [6.45, 7) is 2.04. The molecule has 8 heteroatoms. The molecule has 1 aliphatic rings. The molecule has 130 valence electrons. The quantitative estimate of drug-likeness (QED) is 0.848. The molecule has 1 saturated heterocycles. The van der Waals surface area contributed by atoms with Crippen LogP contribution < -0.4 is 5.32 Å². The molecule has 0 saturated carbocycles. The van der Waals surface area contributed by atoms with Crippen LogP contribution in [0.3, 0.4) is 0 Å². The highest BCUT2D eigenvalue weighted by Crippen LogP contribution is 2.25. The van der Waals surface area contributed by atoms with Crippen molar-refractivity contribution in [2.24, 2.45) is 0 Å². The highest BCUT2D eigenvalue weighted by Gasteiger charge is 2.27. The predicted molar refractivity (Wildman–Crippen MR) is 95.0 cm³/mol. The lowest BCUT2D eigenvalue weighted by atomic mass is 10.0. The fraction of sp³-hybridized carbons (Fsp3) is 0.533. The van der Waals surface area contributed by atoms with E-state index < -0.39 is 9.84 Å². The van der Waals surface area contributed by atoms with E-state index in [1.165, 1.54) is 6.26 Å². The third-order valence-electron chi connectivity index (χ3n) is 3.70. The van der Waals surface area contributed by atoms with Gasteiger partial charge in [-0.3, -0.25) is 4.79 Å². The number of carbonyl (C=O) groups is 1. The van der Waals surface area contributed by atoms with Gasteiger partial charge >= 0.3 is 0 Å². The maximum atomic E-state index is 12.4. The Balaban J connectivity index is 0.00000264. The summed E-state index contributed by atoms with van der Waals surface area (Å²) in [5.74, 6) is 0.0438. The molecule has 1 amide bonds. The van der Waals surface area contributed by atoms with Crippen molar-refractivity contribution in [1.29, 1.82) is 0 Å². The molecular formula is C15H22Cl2N2O3S. The number of nitrogens with one attached hydrogen (secondary N) is 1. The van der Waals surface area contributed by atoms with E-state index in [4.69, 9.17) is 11.6 Å². The van der Waals surface area contributed by atoms with Crippen LogP contribution in [0.15, 0.2) is 24.3 Å². The topological polar surface area (TPSA) is 66.5 Å². The van der Waals surface area contributed by atoms with Gasteiger partial charge in [-0.1, -0.05) is 23.7 Å². The second-order valence-electron chi connectivity index (χ2n) is 5.60. The molecule has 1 aromatic rings. The summed E-state index contributed by atoms with van der Waals surface area (Å²) >= 11 is 6.03. The van der Waals surface area contributed by atoms with Crippen molar-refractivity contribution in [2.45, 2.75) is 18.9 Å². The molecule has 0 aliphatic carbocycles. The van der Waals surface area contributed by atoms with E-state index in [9.17, 15) is 13.2 Å². The summed E-state index contributed by atoms with van der Waals surface area (Å²) in [6, 6.07) is 7.45. The van der Waals surface area contributed by atoms with Crippen molar-refractivity contribution in [3.05, 3.63) is 34.9 Å². The molecule has 2 rings (SSSR count). The fourth-order valence-electron chi connectivity index (χ4n) is 2.64. The van der Waals surface area contributed by atoms with Gasteiger partial charge in [-0.05, 0) is 24.1 Å². The Kier molecular flexibility index (Phi) is 7.80. The van der Waals surface area contributed by atoms with Crippen molar-refractivity contribution in [3.63, 3.8) is 0 Å². The zero-order chi connectivity index (χ0) is 16.2. The molecule has 0 aromatic heterocycles. The zero-order valence-electron chi connectivity index (χ0n) is 13.0. The van der Waals surface area contributed by atoms with Crippen LogP contribution in [-0.4, -0.2) is 50.9 Å². The number of halogens is 2. The van der Waals surface area contributed by atoms with E-state index in [0.717, 1.165) is 12.1 Å². The monoisotopic (exact) mass is 380 g/mol. The van der Waals surface area contributed by atoms with Crippen LogP contribution in [0, 0.1) is 0 Å². The molecule has 1 aromatic carbocycles. The smallest absolute Gasteiger partial charge is 0.223 e. The summed E-state index contributed by atoms with van der Waals surface area (Å²) in [4.78, 5) is 14.2. The number of nitrogens with zero attached hydrogens (tertiary/aromatic N) is 1. The van der Waals surface area contributed by atoms with Crippen LogP contribution in [0.4, 0.5) is 0 Å². The Morgan fingerprint density at radius 3 is 2.83 bits per heavy atom. The number of piperazine rings is 1. The van der Waals surface area contributed by atoms with Gasteiger partial charge < -0.3 is 10.2 Å².